The summed E-state index contributed by atoms with van der Waals surface area (Å²) in [6.45, 7) is 0. The topological polar surface area (TPSA) is 34.9 Å². The van der Waals surface area contributed by atoms with Crippen LogP contribution < -0.4 is 5.56 Å². The average Bonchev–Trinajstić information content (AvgIpc) is 2.14. The quantitative estimate of drug-likeness (QED) is 0.667. The Labute approximate surface area is 83.8 Å². The minimum atomic E-state index is -0.403. The van der Waals surface area contributed by atoms with Crippen LogP contribution in [-0.2, 0) is 7.05 Å². The lowest BCUT2D eigenvalue weighted by Gasteiger charge is -2.03. The Morgan fingerprint density at radius 3 is 2.93 bits per heavy atom. The van der Waals surface area contributed by atoms with Crippen LogP contribution in [-0.4, -0.2) is 9.55 Å². The van der Waals surface area contributed by atoms with Crippen molar-refractivity contribution in [1.29, 1.82) is 0 Å². The monoisotopic (exact) mass is 212 g/mol. The molecule has 14 heavy (non-hydrogen) atoms. The first-order chi connectivity index (χ1) is 6.59. The predicted molar refractivity (Wildman–Crippen MR) is 52.0 cm³/mol. The summed E-state index contributed by atoms with van der Waals surface area (Å²) in [6, 6.07) is 4.01. The number of rotatable bonds is 0. The lowest BCUT2D eigenvalue weighted by molar-refractivity contribution is 0.629. The molecule has 0 amide bonds. The molecule has 1 heterocycles. The van der Waals surface area contributed by atoms with Crippen molar-refractivity contribution in [2.24, 2.45) is 7.05 Å². The number of aromatic nitrogens is 2. The largest absolute Gasteiger partial charge is 0.307 e. The molecule has 0 spiro atoms. The minimum absolute atomic E-state index is 0.148. The van der Waals surface area contributed by atoms with Gasteiger partial charge >= 0.3 is 0 Å². The fraction of sp³-hybridized carbons (Fsp3) is 0.111. The second-order valence-electron chi connectivity index (χ2n) is 2.90. The van der Waals surface area contributed by atoms with Crippen LogP contribution in [0, 0.1) is 5.82 Å². The van der Waals surface area contributed by atoms with Gasteiger partial charge in [0.1, 0.15) is 5.82 Å². The van der Waals surface area contributed by atoms with Gasteiger partial charge in [-0.2, -0.15) is 0 Å². The van der Waals surface area contributed by atoms with Crippen molar-refractivity contribution in [1.82, 2.24) is 9.55 Å². The molecule has 0 N–H and O–H groups in total. The van der Waals surface area contributed by atoms with Crippen molar-refractivity contribution < 1.29 is 4.39 Å². The highest BCUT2D eigenvalue weighted by Gasteiger charge is 2.06. The van der Waals surface area contributed by atoms with Gasteiger partial charge in [-0.15, -0.1) is 0 Å². The molecule has 0 bridgehead atoms. The average molecular weight is 213 g/mol. The van der Waals surface area contributed by atoms with Gasteiger partial charge in [-0.05, 0) is 12.1 Å². The summed E-state index contributed by atoms with van der Waals surface area (Å²) in [5.74, 6) is -0.403. The van der Waals surface area contributed by atoms with E-state index in [4.69, 9.17) is 11.6 Å². The lowest BCUT2D eigenvalue weighted by atomic mass is 10.3. The molecule has 0 atom stereocenters. The number of aryl methyl sites for hydroxylation is 1. The Balaban J connectivity index is 2.98. The van der Waals surface area contributed by atoms with Crippen molar-refractivity contribution in [2.75, 3.05) is 0 Å². The standard InChI is InChI=1S/C9H6ClFN2O/c1-13-7-3-2-5(11)4-6(7)12-8(10)9(13)14/h2-4H,1H3. The van der Waals surface area contributed by atoms with Gasteiger partial charge in [-0.25, -0.2) is 9.37 Å². The maximum Gasteiger partial charge on any atom is 0.288 e. The third kappa shape index (κ3) is 1.28. The Hall–Kier alpha value is -1.42. The van der Waals surface area contributed by atoms with Gasteiger partial charge in [0.15, 0.2) is 5.15 Å². The molecule has 2 aromatic rings. The van der Waals surface area contributed by atoms with Gasteiger partial charge < -0.3 is 4.57 Å². The van der Waals surface area contributed by atoms with E-state index >= 15 is 0 Å². The highest BCUT2D eigenvalue weighted by atomic mass is 35.5. The highest BCUT2D eigenvalue weighted by Crippen LogP contribution is 2.12. The molecule has 3 nitrogen and oxygen atoms in total. The van der Waals surface area contributed by atoms with E-state index in [1.807, 2.05) is 0 Å². The molecule has 72 valence electrons. The molecule has 0 aliphatic rings. The van der Waals surface area contributed by atoms with Crippen LogP contribution in [0.4, 0.5) is 4.39 Å². The Bertz CT molecular complexity index is 564. The molecule has 2 rings (SSSR count). The van der Waals surface area contributed by atoms with Crippen LogP contribution in [0.2, 0.25) is 5.15 Å². The first-order valence-corrected chi connectivity index (χ1v) is 4.29. The third-order valence-corrected chi connectivity index (χ3v) is 2.24. The number of halogens is 2. The molecule has 0 fully saturated rings. The summed E-state index contributed by atoms with van der Waals surface area (Å²) in [7, 11) is 1.57. The number of benzene rings is 1. The first kappa shape index (κ1) is 9.15. The summed E-state index contributed by atoms with van der Waals surface area (Å²) in [4.78, 5) is 15.1. The van der Waals surface area contributed by atoms with Crippen molar-refractivity contribution in [3.8, 4) is 0 Å². The van der Waals surface area contributed by atoms with Crippen molar-refractivity contribution in [3.63, 3.8) is 0 Å². The van der Waals surface area contributed by atoms with Crippen LogP contribution in [0.3, 0.4) is 0 Å². The second-order valence-corrected chi connectivity index (χ2v) is 3.26. The van der Waals surface area contributed by atoms with Crippen molar-refractivity contribution in [2.45, 2.75) is 0 Å². The van der Waals surface area contributed by atoms with E-state index in [9.17, 15) is 9.18 Å². The number of hydrogen-bond acceptors (Lipinski definition) is 2. The van der Waals surface area contributed by atoms with Crippen LogP contribution in [0.5, 0.6) is 0 Å². The van der Waals surface area contributed by atoms with Crippen LogP contribution in [0.15, 0.2) is 23.0 Å². The molecule has 0 aliphatic carbocycles. The van der Waals surface area contributed by atoms with E-state index in [1.165, 1.54) is 22.8 Å². The second kappa shape index (κ2) is 3.06. The zero-order valence-electron chi connectivity index (χ0n) is 7.29. The summed E-state index contributed by atoms with van der Waals surface area (Å²) >= 11 is 5.58. The number of fused-ring (bicyclic) bond motifs is 1. The summed E-state index contributed by atoms with van der Waals surface area (Å²) in [5.41, 5.74) is 0.545. The number of hydrogen-bond donors (Lipinski definition) is 0. The minimum Gasteiger partial charge on any atom is -0.307 e. The summed E-state index contributed by atoms with van der Waals surface area (Å²) < 4.78 is 14.2. The normalized spacial score (nSPS) is 10.8. The molecule has 0 saturated carbocycles. The Morgan fingerprint density at radius 1 is 1.50 bits per heavy atom. The van der Waals surface area contributed by atoms with Crippen LogP contribution in [0.1, 0.15) is 0 Å². The van der Waals surface area contributed by atoms with Gasteiger partial charge in [0, 0.05) is 13.1 Å². The van der Waals surface area contributed by atoms with E-state index in [-0.39, 0.29) is 10.7 Å². The van der Waals surface area contributed by atoms with Gasteiger partial charge in [0.05, 0.1) is 11.0 Å². The zero-order chi connectivity index (χ0) is 10.3. The van der Waals surface area contributed by atoms with E-state index in [2.05, 4.69) is 4.98 Å². The fourth-order valence-corrected chi connectivity index (χ4v) is 1.49. The molecule has 0 unspecified atom stereocenters. The SMILES string of the molecule is Cn1c(=O)c(Cl)nc2cc(F)ccc21. The summed E-state index contributed by atoms with van der Waals surface area (Å²) in [5, 5.41) is -0.148. The van der Waals surface area contributed by atoms with Gasteiger partial charge in [0.25, 0.3) is 5.56 Å². The van der Waals surface area contributed by atoms with Crippen LogP contribution >= 0.6 is 11.6 Å². The van der Waals surface area contributed by atoms with Gasteiger partial charge in [0.2, 0.25) is 0 Å². The van der Waals surface area contributed by atoms with Gasteiger partial charge in [-0.3, -0.25) is 4.79 Å². The Kier molecular flexibility index (Phi) is 2.00. The smallest absolute Gasteiger partial charge is 0.288 e. The summed E-state index contributed by atoms with van der Waals surface area (Å²) in [6.07, 6.45) is 0. The third-order valence-electron chi connectivity index (χ3n) is 2.00. The molecular weight excluding hydrogens is 207 g/mol. The lowest BCUT2D eigenvalue weighted by Crippen LogP contribution is -2.18. The Morgan fingerprint density at radius 2 is 2.21 bits per heavy atom. The van der Waals surface area contributed by atoms with E-state index in [1.54, 1.807) is 7.05 Å². The molecule has 0 radical (unpaired) electrons. The van der Waals surface area contributed by atoms with Crippen molar-refractivity contribution in [3.05, 3.63) is 39.5 Å². The van der Waals surface area contributed by atoms with E-state index in [0.29, 0.717) is 11.0 Å². The molecule has 0 saturated heterocycles. The van der Waals surface area contributed by atoms with Gasteiger partial charge in [-0.1, -0.05) is 11.6 Å². The van der Waals surface area contributed by atoms with E-state index < -0.39 is 5.82 Å². The predicted octanol–water partition coefficient (Wildman–Crippen LogP) is 1.73. The molecular formula is C9H6ClFN2O. The van der Waals surface area contributed by atoms with Crippen LogP contribution in [0.25, 0.3) is 11.0 Å². The molecule has 1 aromatic heterocycles. The van der Waals surface area contributed by atoms with E-state index in [0.717, 1.165) is 0 Å². The highest BCUT2D eigenvalue weighted by molar-refractivity contribution is 6.29. The maximum absolute atomic E-state index is 12.8. The maximum atomic E-state index is 12.8. The zero-order valence-corrected chi connectivity index (χ0v) is 8.05. The fourth-order valence-electron chi connectivity index (χ4n) is 1.27. The number of nitrogens with zero attached hydrogens (tertiary/aromatic N) is 2. The molecule has 0 aliphatic heterocycles. The van der Waals surface area contributed by atoms with Crippen molar-refractivity contribution >= 4 is 22.6 Å². The molecule has 5 heteroatoms. The molecule has 1 aromatic carbocycles. The first-order valence-electron chi connectivity index (χ1n) is 3.91.